The molecule has 0 aromatic heterocycles. The third kappa shape index (κ3) is 4.20. The Hall–Kier alpha value is -2.12. The van der Waals surface area contributed by atoms with E-state index in [4.69, 9.17) is 16.3 Å². The zero-order chi connectivity index (χ0) is 17.0. The third-order valence-corrected chi connectivity index (χ3v) is 4.01. The highest BCUT2D eigenvalue weighted by Gasteiger charge is 2.14. The summed E-state index contributed by atoms with van der Waals surface area (Å²) < 4.78 is 5.78. The molecule has 0 bridgehead atoms. The molecule has 0 spiro atoms. The summed E-state index contributed by atoms with van der Waals surface area (Å²) in [6.07, 6.45) is 0. The summed E-state index contributed by atoms with van der Waals surface area (Å²) in [4.78, 5) is 22.4. The lowest BCUT2D eigenvalue weighted by Crippen LogP contribution is -2.14. The molecular weight excluding hydrogens is 388 g/mol. The number of halogens is 2. The molecule has 0 saturated heterocycles. The Bertz CT molecular complexity index is 767. The Balaban J connectivity index is 2.09. The quantitative estimate of drug-likeness (QED) is 0.444. The second kappa shape index (κ2) is 7.43. The number of rotatable bonds is 6. The number of carbonyl (C=O) groups excluding carboxylic acids is 1. The molecule has 8 heteroatoms. The summed E-state index contributed by atoms with van der Waals surface area (Å²) in [6, 6.07) is 9.28. The molecule has 1 N–H and O–H groups in total. The maximum absolute atomic E-state index is 12.2. The molecule has 0 heterocycles. The number of methoxy groups -OCH3 is 1. The number of nitro benzene ring substituents is 1. The van der Waals surface area contributed by atoms with E-state index in [0.29, 0.717) is 21.5 Å². The number of nitrogens with zero attached hydrogens (tertiary/aromatic N) is 1. The van der Waals surface area contributed by atoms with Crippen LogP contribution in [-0.4, -0.2) is 24.4 Å². The average Bonchev–Trinajstić information content (AvgIpc) is 2.53. The van der Waals surface area contributed by atoms with Gasteiger partial charge in [0.05, 0.1) is 23.1 Å². The van der Waals surface area contributed by atoms with E-state index in [1.165, 1.54) is 19.2 Å². The van der Waals surface area contributed by atoms with Gasteiger partial charge in [0.25, 0.3) is 5.69 Å². The second-order valence-electron chi connectivity index (χ2n) is 4.55. The lowest BCUT2D eigenvalue weighted by molar-refractivity contribution is -0.384. The molecule has 0 atom stereocenters. The minimum absolute atomic E-state index is 0.00243. The number of carbonyl (C=O) groups is 1. The van der Waals surface area contributed by atoms with Crippen molar-refractivity contribution in [3.63, 3.8) is 0 Å². The van der Waals surface area contributed by atoms with E-state index >= 15 is 0 Å². The van der Waals surface area contributed by atoms with Crippen molar-refractivity contribution < 1.29 is 14.5 Å². The van der Waals surface area contributed by atoms with Crippen molar-refractivity contribution in [2.45, 2.75) is 0 Å². The number of ketones is 1. The summed E-state index contributed by atoms with van der Waals surface area (Å²) in [5.74, 6) is 0.466. The van der Waals surface area contributed by atoms with E-state index in [1.54, 1.807) is 24.3 Å². The van der Waals surface area contributed by atoms with E-state index in [0.717, 1.165) is 0 Å². The average molecular weight is 400 g/mol. The molecule has 0 saturated carbocycles. The predicted molar refractivity (Wildman–Crippen MR) is 91.6 cm³/mol. The van der Waals surface area contributed by atoms with Crippen LogP contribution in [0.1, 0.15) is 10.4 Å². The second-order valence-corrected chi connectivity index (χ2v) is 5.81. The van der Waals surface area contributed by atoms with Gasteiger partial charge in [-0.3, -0.25) is 14.9 Å². The van der Waals surface area contributed by atoms with Crippen LogP contribution < -0.4 is 10.1 Å². The molecule has 0 unspecified atom stereocenters. The van der Waals surface area contributed by atoms with Gasteiger partial charge in [0.1, 0.15) is 10.8 Å². The van der Waals surface area contributed by atoms with Crippen LogP contribution in [0.4, 0.5) is 11.4 Å². The van der Waals surface area contributed by atoms with Crippen LogP contribution in [0.2, 0.25) is 5.02 Å². The van der Waals surface area contributed by atoms with Crippen molar-refractivity contribution in [3.8, 4) is 5.75 Å². The van der Waals surface area contributed by atoms with Crippen molar-refractivity contribution in [2.24, 2.45) is 0 Å². The van der Waals surface area contributed by atoms with Crippen molar-refractivity contribution in [1.82, 2.24) is 0 Å². The Labute approximate surface area is 145 Å². The summed E-state index contributed by atoms with van der Waals surface area (Å²) in [5.41, 5.74) is 0.729. The number of ether oxygens (including phenoxy) is 1. The molecule has 2 aromatic carbocycles. The highest BCUT2D eigenvalue weighted by molar-refractivity contribution is 9.10. The van der Waals surface area contributed by atoms with Gasteiger partial charge in [-0.15, -0.1) is 0 Å². The van der Waals surface area contributed by atoms with E-state index in [9.17, 15) is 14.9 Å². The molecule has 120 valence electrons. The van der Waals surface area contributed by atoms with Gasteiger partial charge in [0, 0.05) is 17.3 Å². The summed E-state index contributed by atoms with van der Waals surface area (Å²) >= 11 is 9.06. The number of hydrogen-bond donors (Lipinski definition) is 1. The maximum Gasteiger partial charge on any atom is 0.289 e. The van der Waals surface area contributed by atoms with Crippen molar-refractivity contribution in [2.75, 3.05) is 19.0 Å². The summed E-state index contributed by atoms with van der Waals surface area (Å²) in [7, 11) is 1.54. The first kappa shape index (κ1) is 17.2. The Kier molecular flexibility index (Phi) is 5.57. The van der Waals surface area contributed by atoms with E-state index < -0.39 is 4.92 Å². The fourth-order valence-electron chi connectivity index (χ4n) is 1.89. The molecular formula is C15H12BrClN2O4. The fraction of sp³-hybridized carbons (Fsp3) is 0.133. The van der Waals surface area contributed by atoms with Crippen LogP contribution in [0.15, 0.2) is 40.9 Å². The Morgan fingerprint density at radius 2 is 2.09 bits per heavy atom. The molecule has 0 aliphatic carbocycles. The molecule has 0 amide bonds. The standard InChI is InChI=1S/C15H12BrClN2O4/c1-23-15-5-2-9(6-11(15)16)14(20)8-18-10-3-4-12(17)13(7-10)19(21)22/h2-7,18H,8H2,1H3. The number of nitrogens with one attached hydrogen (secondary N) is 1. The summed E-state index contributed by atoms with van der Waals surface area (Å²) in [5, 5.41) is 13.7. The minimum atomic E-state index is -0.573. The first-order valence-corrected chi connectivity index (χ1v) is 7.64. The Morgan fingerprint density at radius 1 is 1.35 bits per heavy atom. The van der Waals surface area contributed by atoms with Gasteiger partial charge < -0.3 is 10.1 Å². The van der Waals surface area contributed by atoms with Crippen LogP contribution in [0.25, 0.3) is 0 Å². The lowest BCUT2D eigenvalue weighted by Gasteiger charge is -2.08. The minimum Gasteiger partial charge on any atom is -0.496 e. The monoisotopic (exact) mass is 398 g/mol. The Morgan fingerprint density at radius 3 is 2.70 bits per heavy atom. The van der Waals surface area contributed by atoms with Crippen LogP contribution in [-0.2, 0) is 0 Å². The number of benzene rings is 2. The molecule has 0 aliphatic rings. The fourth-order valence-corrected chi connectivity index (χ4v) is 2.61. The molecule has 6 nitrogen and oxygen atoms in total. The van der Waals surface area contributed by atoms with Gasteiger partial charge in [0.2, 0.25) is 0 Å². The number of anilines is 1. The molecule has 2 aromatic rings. The molecule has 0 radical (unpaired) electrons. The van der Waals surface area contributed by atoms with Gasteiger partial charge in [-0.2, -0.15) is 0 Å². The highest BCUT2D eigenvalue weighted by atomic mass is 79.9. The topological polar surface area (TPSA) is 81.5 Å². The molecule has 2 rings (SSSR count). The number of hydrogen-bond acceptors (Lipinski definition) is 5. The third-order valence-electron chi connectivity index (χ3n) is 3.07. The zero-order valence-corrected chi connectivity index (χ0v) is 14.3. The largest absolute Gasteiger partial charge is 0.496 e. The van der Waals surface area contributed by atoms with Gasteiger partial charge in [-0.05, 0) is 46.3 Å². The SMILES string of the molecule is COc1ccc(C(=O)CNc2ccc(Cl)c([N+](=O)[O-])c2)cc1Br. The van der Waals surface area contributed by atoms with Crippen molar-refractivity contribution in [1.29, 1.82) is 0 Å². The zero-order valence-electron chi connectivity index (χ0n) is 12.0. The van der Waals surface area contributed by atoms with Crippen molar-refractivity contribution in [3.05, 3.63) is 61.6 Å². The van der Waals surface area contributed by atoms with Crippen LogP contribution in [0.5, 0.6) is 5.75 Å². The molecule has 23 heavy (non-hydrogen) atoms. The smallest absolute Gasteiger partial charge is 0.289 e. The first-order valence-electron chi connectivity index (χ1n) is 6.47. The van der Waals surface area contributed by atoms with E-state index in [2.05, 4.69) is 21.2 Å². The highest BCUT2D eigenvalue weighted by Crippen LogP contribution is 2.28. The van der Waals surface area contributed by atoms with E-state index in [1.807, 2.05) is 0 Å². The summed E-state index contributed by atoms with van der Waals surface area (Å²) in [6.45, 7) is -0.00243. The van der Waals surface area contributed by atoms with Crippen LogP contribution >= 0.6 is 27.5 Å². The number of nitro groups is 1. The van der Waals surface area contributed by atoms with E-state index in [-0.39, 0.29) is 23.0 Å². The maximum atomic E-state index is 12.2. The number of Topliss-reactive ketones (excluding diaryl/α,β-unsaturated/α-hetero) is 1. The van der Waals surface area contributed by atoms with Gasteiger partial charge in [-0.1, -0.05) is 11.6 Å². The van der Waals surface area contributed by atoms with Gasteiger partial charge >= 0.3 is 0 Å². The first-order chi connectivity index (χ1) is 10.9. The van der Waals surface area contributed by atoms with Gasteiger partial charge in [-0.25, -0.2) is 0 Å². The van der Waals surface area contributed by atoms with Crippen LogP contribution in [0.3, 0.4) is 0 Å². The normalized spacial score (nSPS) is 10.2. The van der Waals surface area contributed by atoms with Crippen molar-refractivity contribution >= 4 is 44.7 Å². The lowest BCUT2D eigenvalue weighted by atomic mass is 10.1. The molecule has 0 fully saturated rings. The van der Waals surface area contributed by atoms with Crippen LogP contribution in [0, 0.1) is 10.1 Å². The molecule has 0 aliphatic heterocycles. The van der Waals surface area contributed by atoms with Gasteiger partial charge in [0.15, 0.2) is 5.78 Å². The predicted octanol–water partition coefficient (Wildman–Crippen LogP) is 4.31.